The Bertz CT molecular complexity index is 782. The first kappa shape index (κ1) is 19.5. The van der Waals surface area contributed by atoms with Gasteiger partial charge in [0.1, 0.15) is 0 Å². The minimum Gasteiger partial charge on any atom is -0.395 e. The van der Waals surface area contributed by atoms with E-state index in [0.29, 0.717) is 20.2 Å². The Labute approximate surface area is 162 Å². The first-order chi connectivity index (χ1) is 11.9. The normalized spacial score (nSPS) is 10.2. The molecule has 0 saturated heterocycles. The molecule has 6 nitrogen and oxygen atoms in total. The second kappa shape index (κ2) is 9.05. The number of aliphatic hydroxyl groups is 1. The average molecular weight is 447 g/mol. The van der Waals surface area contributed by atoms with Gasteiger partial charge in [0.25, 0.3) is 5.91 Å². The van der Waals surface area contributed by atoms with E-state index in [2.05, 4.69) is 31.9 Å². The number of nitrogens with one attached hydrogen (secondary N) is 3. The van der Waals surface area contributed by atoms with Crippen molar-refractivity contribution in [1.29, 1.82) is 0 Å². The van der Waals surface area contributed by atoms with Crippen LogP contribution in [0.4, 0.5) is 16.2 Å². The van der Waals surface area contributed by atoms with Gasteiger partial charge in [0.05, 0.1) is 17.9 Å². The highest BCUT2D eigenvalue weighted by Gasteiger charge is 2.14. The van der Waals surface area contributed by atoms with Gasteiger partial charge in [0.15, 0.2) is 0 Å². The predicted octanol–water partition coefficient (Wildman–Crippen LogP) is 4.12. The molecule has 0 spiro atoms. The number of hydrogen-bond acceptors (Lipinski definition) is 3. The van der Waals surface area contributed by atoms with Gasteiger partial charge in [-0.25, -0.2) is 4.79 Å². The van der Waals surface area contributed by atoms with Gasteiger partial charge in [-0.15, -0.1) is 0 Å². The van der Waals surface area contributed by atoms with Crippen LogP contribution in [0.3, 0.4) is 0 Å². The Morgan fingerprint density at radius 2 is 1.80 bits per heavy atom. The van der Waals surface area contributed by atoms with Crippen LogP contribution in [0.1, 0.15) is 10.4 Å². The summed E-state index contributed by atoms with van der Waals surface area (Å²) in [5.74, 6) is -0.438. The molecule has 0 fully saturated rings. The Hall–Kier alpha value is -1.80. The van der Waals surface area contributed by atoms with Crippen molar-refractivity contribution in [3.8, 4) is 0 Å². The summed E-state index contributed by atoms with van der Waals surface area (Å²) in [5.41, 5.74) is 0.937. The fraction of sp³-hybridized carbons (Fsp3) is 0.125. The van der Waals surface area contributed by atoms with E-state index in [1.807, 2.05) is 0 Å². The molecular formula is C16H14BrCl2N3O3. The monoisotopic (exact) mass is 445 g/mol. The molecule has 0 aromatic heterocycles. The first-order valence-electron chi connectivity index (χ1n) is 7.12. The number of hydrogen-bond donors (Lipinski definition) is 4. The average Bonchev–Trinajstić information content (AvgIpc) is 2.51. The molecule has 2 rings (SSSR count). The number of aliphatic hydroxyl groups excluding tert-OH is 1. The number of anilines is 2. The van der Waals surface area contributed by atoms with Crippen molar-refractivity contribution in [1.82, 2.24) is 5.32 Å². The molecule has 25 heavy (non-hydrogen) atoms. The van der Waals surface area contributed by atoms with Crippen molar-refractivity contribution in [2.75, 3.05) is 23.8 Å². The summed E-state index contributed by atoms with van der Waals surface area (Å²) in [7, 11) is 0. The molecule has 3 amide bonds. The van der Waals surface area contributed by atoms with Crippen molar-refractivity contribution >= 4 is 62.4 Å². The highest BCUT2D eigenvalue weighted by Crippen LogP contribution is 2.24. The third-order valence-corrected chi connectivity index (χ3v) is 3.90. The Balaban J connectivity index is 2.16. The number of amides is 3. The van der Waals surface area contributed by atoms with Crippen molar-refractivity contribution in [2.24, 2.45) is 0 Å². The zero-order chi connectivity index (χ0) is 18.4. The molecule has 4 N–H and O–H groups in total. The first-order valence-corrected chi connectivity index (χ1v) is 8.66. The summed E-state index contributed by atoms with van der Waals surface area (Å²) < 4.78 is 0.710. The largest absolute Gasteiger partial charge is 0.395 e. The van der Waals surface area contributed by atoms with E-state index < -0.39 is 11.9 Å². The van der Waals surface area contributed by atoms with Crippen LogP contribution in [0.5, 0.6) is 0 Å². The zero-order valence-electron chi connectivity index (χ0n) is 12.8. The third-order valence-electron chi connectivity index (χ3n) is 2.99. The Kier molecular flexibility index (Phi) is 7.07. The highest BCUT2D eigenvalue weighted by molar-refractivity contribution is 9.10. The van der Waals surface area contributed by atoms with Crippen LogP contribution in [0, 0.1) is 0 Å². The van der Waals surface area contributed by atoms with Gasteiger partial charge >= 0.3 is 6.03 Å². The predicted molar refractivity (Wildman–Crippen MR) is 103 cm³/mol. The minimum atomic E-state index is -0.562. The van der Waals surface area contributed by atoms with Crippen molar-refractivity contribution in [3.05, 3.63) is 56.5 Å². The number of halogens is 3. The van der Waals surface area contributed by atoms with Crippen molar-refractivity contribution in [2.45, 2.75) is 0 Å². The number of urea groups is 1. The number of benzene rings is 2. The molecule has 0 atom stereocenters. The Morgan fingerprint density at radius 1 is 1.04 bits per heavy atom. The molecule has 0 saturated carbocycles. The zero-order valence-corrected chi connectivity index (χ0v) is 15.9. The van der Waals surface area contributed by atoms with Crippen LogP contribution in [0.25, 0.3) is 0 Å². The summed E-state index contributed by atoms with van der Waals surface area (Å²) in [5, 5.41) is 17.3. The van der Waals surface area contributed by atoms with E-state index in [-0.39, 0.29) is 24.4 Å². The van der Waals surface area contributed by atoms with E-state index in [0.717, 1.165) is 0 Å². The molecule has 0 aliphatic rings. The van der Waals surface area contributed by atoms with E-state index >= 15 is 0 Å². The number of carbonyl (C=O) groups is 2. The topological polar surface area (TPSA) is 90.5 Å². The van der Waals surface area contributed by atoms with Crippen molar-refractivity contribution in [3.63, 3.8) is 0 Å². The van der Waals surface area contributed by atoms with Crippen molar-refractivity contribution < 1.29 is 14.7 Å². The molecule has 132 valence electrons. The molecule has 9 heteroatoms. The van der Waals surface area contributed by atoms with Crippen LogP contribution >= 0.6 is 39.1 Å². The number of carbonyl (C=O) groups excluding carboxylic acids is 2. The van der Waals surface area contributed by atoms with Gasteiger partial charge in [0, 0.05) is 26.8 Å². The summed E-state index contributed by atoms with van der Waals surface area (Å²) >= 11 is 15.2. The van der Waals surface area contributed by atoms with Gasteiger partial charge < -0.3 is 21.1 Å². The smallest absolute Gasteiger partial charge is 0.323 e. The summed E-state index contributed by atoms with van der Waals surface area (Å²) in [6.45, 7) is -0.0874. The molecule has 0 bridgehead atoms. The lowest BCUT2D eigenvalue weighted by Gasteiger charge is -2.13. The highest BCUT2D eigenvalue weighted by atomic mass is 79.9. The van der Waals surface area contributed by atoms with E-state index in [4.69, 9.17) is 28.3 Å². The third kappa shape index (κ3) is 5.89. The molecule has 0 radical (unpaired) electrons. The number of rotatable bonds is 5. The minimum absolute atomic E-state index is 0.101. The molecule has 2 aromatic carbocycles. The maximum absolute atomic E-state index is 12.2. The molecule has 0 unspecified atom stereocenters. The molecule has 0 aliphatic heterocycles. The van der Waals surface area contributed by atoms with E-state index in [1.54, 1.807) is 18.2 Å². The van der Waals surface area contributed by atoms with Crippen LogP contribution in [-0.2, 0) is 0 Å². The van der Waals surface area contributed by atoms with Gasteiger partial charge in [-0.2, -0.15) is 0 Å². The van der Waals surface area contributed by atoms with Gasteiger partial charge in [0.2, 0.25) is 0 Å². The van der Waals surface area contributed by atoms with E-state index in [1.165, 1.54) is 18.2 Å². The van der Waals surface area contributed by atoms with Crippen LogP contribution < -0.4 is 16.0 Å². The molecule has 2 aromatic rings. The SMILES string of the molecule is O=C(Nc1cc(Cl)cc(Br)c1)Nc1cc(Cl)ccc1C(=O)NCCO. The quantitative estimate of drug-likeness (QED) is 0.556. The molecule has 0 heterocycles. The molecule has 0 aliphatic carbocycles. The maximum atomic E-state index is 12.2. The maximum Gasteiger partial charge on any atom is 0.323 e. The summed E-state index contributed by atoms with van der Waals surface area (Å²) in [4.78, 5) is 24.3. The van der Waals surface area contributed by atoms with Crippen LogP contribution in [0.2, 0.25) is 10.0 Å². The second-order valence-electron chi connectivity index (χ2n) is 4.91. The summed E-state index contributed by atoms with van der Waals surface area (Å²) in [6.07, 6.45) is 0. The fourth-order valence-electron chi connectivity index (χ4n) is 1.99. The van der Waals surface area contributed by atoms with Gasteiger partial charge in [-0.3, -0.25) is 4.79 Å². The fourth-order valence-corrected chi connectivity index (χ4v) is 3.03. The van der Waals surface area contributed by atoms with Gasteiger partial charge in [-0.05, 0) is 36.4 Å². The van der Waals surface area contributed by atoms with E-state index in [9.17, 15) is 9.59 Å². The lowest BCUT2D eigenvalue weighted by Crippen LogP contribution is -2.28. The van der Waals surface area contributed by atoms with Crippen LogP contribution in [-0.4, -0.2) is 30.2 Å². The lowest BCUT2D eigenvalue weighted by molar-refractivity contribution is 0.0945. The van der Waals surface area contributed by atoms with Crippen LogP contribution in [0.15, 0.2) is 40.9 Å². The summed E-state index contributed by atoms with van der Waals surface area (Å²) in [6, 6.07) is 8.87. The Morgan fingerprint density at radius 3 is 2.48 bits per heavy atom. The molecular weight excluding hydrogens is 433 g/mol. The lowest BCUT2D eigenvalue weighted by atomic mass is 10.1. The standard InChI is InChI=1S/C16H14BrCl2N3O3/c17-9-5-11(19)7-12(6-9)21-16(25)22-14-8-10(18)1-2-13(14)15(24)20-3-4-23/h1-2,5-8,23H,3-4H2,(H,20,24)(H2,21,22,25). The second-order valence-corrected chi connectivity index (χ2v) is 6.70. The van der Waals surface area contributed by atoms with Gasteiger partial charge in [-0.1, -0.05) is 39.1 Å².